The molecule has 5 N–H and O–H groups in total. The van der Waals surface area contributed by atoms with Crippen LogP contribution in [0.4, 0.5) is 0 Å². The predicted molar refractivity (Wildman–Crippen MR) is 48.1 cm³/mol. The highest BCUT2D eigenvalue weighted by molar-refractivity contribution is 5.27. The molecular formula is C9H13NO3. The molecule has 13 heavy (non-hydrogen) atoms. The first-order chi connectivity index (χ1) is 6.15. The van der Waals surface area contributed by atoms with Crippen molar-refractivity contribution >= 4 is 0 Å². The Bertz CT molecular complexity index is 260. The van der Waals surface area contributed by atoms with Crippen molar-refractivity contribution in [3.8, 4) is 5.75 Å². The van der Waals surface area contributed by atoms with Crippen LogP contribution in [0.3, 0.4) is 0 Å². The van der Waals surface area contributed by atoms with Gasteiger partial charge < -0.3 is 21.1 Å². The molecule has 0 aliphatic rings. The van der Waals surface area contributed by atoms with Gasteiger partial charge in [0.1, 0.15) is 5.75 Å². The highest BCUT2D eigenvalue weighted by Gasteiger charge is 2.15. The molecule has 0 bridgehead atoms. The van der Waals surface area contributed by atoms with Gasteiger partial charge in [-0.15, -0.1) is 0 Å². The summed E-state index contributed by atoms with van der Waals surface area (Å²) >= 11 is 0. The van der Waals surface area contributed by atoms with Crippen LogP contribution in [0.1, 0.15) is 11.7 Å². The topological polar surface area (TPSA) is 86.7 Å². The minimum absolute atomic E-state index is 0.133. The Labute approximate surface area is 76.2 Å². The van der Waals surface area contributed by atoms with Gasteiger partial charge in [0.25, 0.3) is 0 Å². The van der Waals surface area contributed by atoms with Crippen molar-refractivity contribution < 1.29 is 15.3 Å². The van der Waals surface area contributed by atoms with Gasteiger partial charge in [0.2, 0.25) is 0 Å². The third-order valence-corrected chi connectivity index (χ3v) is 1.85. The fourth-order valence-electron chi connectivity index (χ4n) is 1.02. The van der Waals surface area contributed by atoms with Crippen LogP contribution in [0.25, 0.3) is 0 Å². The standard InChI is InChI=1S/C9H13NO3/c10-8(5-11)9(13)6-1-3-7(12)4-2-6/h1-4,8-9,11-13H,5,10H2/t8-,9-/m1/s1. The zero-order chi connectivity index (χ0) is 9.84. The van der Waals surface area contributed by atoms with E-state index >= 15 is 0 Å². The molecule has 0 aliphatic heterocycles. The first kappa shape index (κ1) is 9.98. The molecule has 0 fully saturated rings. The monoisotopic (exact) mass is 183 g/mol. The summed E-state index contributed by atoms with van der Waals surface area (Å²) in [7, 11) is 0. The molecule has 0 unspecified atom stereocenters. The predicted octanol–water partition coefficient (Wildman–Crippen LogP) is -0.255. The van der Waals surface area contributed by atoms with E-state index in [2.05, 4.69) is 0 Å². The van der Waals surface area contributed by atoms with Crippen LogP contribution in [0.15, 0.2) is 24.3 Å². The van der Waals surface area contributed by atoms with Crippen LogP contribution in [0.2, 0.25) is 0 Å². The Balaban J connectivity index is 2.77. The third-order valence-electron chi connectivity index (χ3n) is 1.85. The lowest BCUT2D eigenvalue weighted by Crippen LogP contribution is -2.31. The lowest BCUT2D eigenvalue weighted by molar-refractivity contribution is 0.109. The van der Waals surface area contributed by atoms with Crippen molar-refractivity contribution in [3.05, 3.63) is 29.8 Å². The van der Waals surface area contributed by atoms with Crippen LogP contribution < -0.4 is 5.73 Å². The van der Waals surface area contributed by atoms with Crippen molar-refractivity contribution in [3.63, 3.8) is 0 Å². The number of hydrogen-bond donors (Lipinski definition) is 4. The van der Waals surface area contributed by atoms with Crippen molar-refractivity contribution in [1.29, 1.82) is 0 Å². The molecule has 0 saturated carbocycles. The van der Waals surface area contributed by atoms with E-state index < -0.39 is 12.1 Å². The molecule has 0 amide bonds. The molecule has 4 heteroatoms. The number of benzene rings is 1. The number of phenols is 1. The molecule has 0 spiro atoms. The van der Waals surface area contributed by atoms with Gasteiger partial charge in [0.15, 0.2) is 0 Å². The number of aliphatic hydroxyl groups excluding tert-OH is 2. The molecule has 0 radical (unpaired) electrons. The minimum atomic E-state index is -0.898. The first-order valence-electron chi connectivity index (χ1n) is 3.98. The van der Waals surface area contributed by atoms with Gasteiger partial charge in [0.05, 0.1) is 18.8 Å². The molecule has 1 rings (SSSR count). The fraction of sp³-hybridized carbons (Fsp3) is 0.333. The van der Waals surface area contributed by atoms with Crippen LogP contribution in [0, 0.1) is 0 Å². The Morgan fingerprint density at radius 3 is 2.23 bits per heavy atom. The molecular weight excluding hydrogens is 170 g/mol. The van der Waals surface area contributed by atoms with E-state index in [4.69, 9.17) is 15.9 Å². The lowest BCUT2D eigenvalue weighted by Gasteiger charge is -2.16. The number of phenolic OH excluding ortho intramolecular Hbond substituents is 1. The number of aliphatic hydroxyl groups is 2. The molecule has 4 nitrogen and oxygen atoms in total. The second-order valence-electron chi connectivity index (χ2n) is 2.88. The third kappa shape index (κ3) is 2.42. The van der Waals surface area contributed by atoms with Gasteiger partial charge in [0, 0.05) is 0 Å². The van der Waals surface area contributed by atoms with E-state index in [1.165, 1.54) is 12.1 Å². The van der Waals surface area contributed by atoms with Gasteiger partial charge in [-0.1, -0.05) is 12.1 Å². The first-order valence-corrected chi connectivity index (χ1v) is 3.98. The van der Waals surface area contributed by atoms with Crippen LogP contribution in [0.5, 0.6) is 5.75 Å². The summed E-state index contributed by atoms with van der Waals surface area (Å²) in [4.78, 5) is 0. The quantitative estimate of drug-likeness (QED) is 0.520. The summed E-state index contributed by atoms with van der Waals surface area (Å²) in [6.07, 6.45) is -0.898. The van der Waals surface area contributed by atoms with Crippen LogP contribution in [-0.2, 0) is 0 Å². The summed E-state index contributed by atoms with van der Waals surface area (Å²) < 4.78 is 0. The zero-order valence-corrected chi connectivity index (χ0v) is 7.09. The second kappa shape index (κ2) is 4.23. The number of hydrogen-bond acceptors (Lipinski definition) is 4. The molecule has 2 atom stereocenters. The molecule has 0 heterocycles. The van der Waals surface area contributed by atoms with E-state index in [0.717, 1.165) is 0 Å². The summed E-state index contributed by atoms with van der Waals surface area (Å²) in [5.41, 5.74) is 6.01. The molecule has 0 aliphatic carbocycles. The number of aromatic hydroxyl groups is 1. The Kier molecular flexibility index (Phi) is 3.25. The van der Waals surface area contributed by atoms with Crippen molar-refractivity contribution in [1.82, 2.24) is 0 Å². The smallest absolute Gasteiger partial charge is 0.115 e. The summed E-state index contributed by atoms with van der Waals surface area (Å²) in [5.74, 6) is 0.133. The molecule has 1 aromatic carbocycles. The van der Waals surface area contributed by atoms with Gasteiger partial charge in [-0.3, -0.25) is 0 Å². The van der Waals surface area contributed by atoms with Crippen molar-refractivity contribution in [2.75, 3.05) is 6.61 Å². The van der Waals surface area contributed by atoms with E-state index in [-0.39, 0.29) is 12.4 Å². The van der Waals surface area contributed by atoms with Gasteiger partial charge >= 0.3 is 0 Å². The average Bonchev–Trinajstić information content (AvgIpc) is 2.17. The summed E-state index contributed by atoms with van der Waals surface area (Å²) in [5, 5.41) is 27.2. The van der Waals surface area contributed by atoms with Crippen molar-refractivity contribution in [2.45, 2.75) is 12.1 Å². The SMILES string of the molecule is N[C@H](CO)[C@H](O)c1ccc(O)cc1. The Morgan fingerprint density at radius 1 is 1.23 bits per heavy atom. The van der Waals surface area contributed by atoms with Crippen molar-refractivity contribution in [2.24, 2.45) is 5.73 Å². The maximum absolute atomic E-state index is 9.51. The Morgan fingerprint density at radius 2 is 1.77 bits per heavy atom. The van der Waals surface area contributed by atoms with Gasteiger partial charge in [-0.05, 0) is 17.7 Å². The highest BCUT2D eigenvalue weighted by atomic mass is 16.3. The average molecular weight is 183 g/mol. The maximum atomic E-state index is 9.51. The molecule has 1 aromatic rings. The minimum Gasteiger partial charge on any atom is -0.508 e. The molecule has 72 valence electrons. The molecule has 0 saturated heterocycles. The summed E-state index contributed by atoms with van der Waals surface area (Å²) in [6.45, 7) is -0.276. The van der Waals surface area contributed by atoms with E-state index in [1.807, 2.05) is 0 Å². The van der Waals surface area contributed by atoms with E-state index in [0.29, 0.717) is 5.56 Å². The molecule has 0 aromatic heterocycles. The largest absolute Gasteiger partial charge is 0.508 e. The summed E-state index contributed by atoms with van der Waals surface area (Å²) in [6, 6.07) is 5.36. The second-order valence-corrected chi connectivity index (χ2v) is 2.88. The highest BCUT2D eigenvalue weighted by Crippen LogP contribution is 2.18. The lowest BCUT2D eigenvalue weighted by atomic mass is 10.0. The normalized spacial score (nSPS) is 15.3. The zero-order valence-electron chi connectivity index (χ0n) is 7.09. The maximum Gasteiger partial charge on any atom is 0.115 e. The van der Waals surface area contributed by atoms with Crippen LogP contribution >= 0.6 is 0 Å². The van der Waals surface area contributed by atoms with Gasteiger partial charge in [-0.2, -0.15) is 0 Å². The van der Waals surface area contributed by atoms with E-state index in [9.17, 15) is 5.11 Å². The van der Waals surface area contributed by atoms with Gasteiger partial charge in [-0.25, -0.2) is 0 Å². The van der Waals surface area contributed by atoms with Crippen LogP contribution in [-0.4, -0.2) is 28.0 Å². The fourth-order valence-corrected chi connectivity index (χ4v) is 1.02. The Hall–Kier alpha value is -1.10. The number of nitrogens with two attached hydrogens (primary N) is 1. The number of rotatable bonds is 3. The van der Waals surface area contributed by atoms with E-state index in [1.54, 1.807) is 12.1 Å².